The number of pyridine rings is 1. The Morgan fingerprint density at radius 2 is 2.16 bits per heavy atom. The molecular weight excluding hydrogens is 249 g/mol. The molecule has 2 aromatic rings. The lowest BCUT2D eigenvalue weighted by Gasteiger charge is -2.15. The number of anilines is 1. The highest BCUT2D eigenvalue weighted by Gasteiger charge is 2.10. The number of nitrogens with one attached hydrogen (secondary N) is 1. The second kappa shape index (κ2) is 5.43. The average Bonchev–Trinajstić information content (AvgIpc) is 2.39. The SMILES string of the molecule is CC(Nc1cccc([N+](=O)[O-])c1)c1cncc(F)c1. The Hall–Kier alpha value is -2.50. The van der Waals surface area contributed by atoms with Gasteiger partial charge in [-0.2, -0.15) is 0 Å². The van der Waals surface area contributed by atoms with Crippen LogP contribution in [0.2, 0.25) is 0 Å². The van der Waals surface area contributed by atoms with Crippen molar-refractivity contribution in [3.05, 3.63) is 64.2 Å². The number of hydrogen-bond donors (Lipinski definition) is 1. The number of nitro groups is 1. The first-order valence-electron chi connectivity index (χ1n) is 5.67. The second-order valence-corrected chi connectivity index (χ2v) is 4.11. The maximum absolute atomic E-state index is 13.1. The van der Waals surface area contributed by atoms with E-state index in [1.165, 1.54) is 18.2 Å². The molecule has 6 heteroatoms. The van der Waals surface area contributed by atoms with Crippen LogP contribution in [0.4, 0.5) is 15.8 Å². The van der Waals surface area contributed by atoms with Gasteiger partial charge in [0.15, 0.2) is 0 Å². The third kappa shape index (κ3) is 3.25. The highest BCUT2D eigenvalue weighted by molar-refractivity contribution is 5.52. The van der Waals surface area contributed by atoms with Crippen LogP contribution in [0.25, 0.3) is 0 Å². The first-order chi connectivity index (χ1) is 9.06. The Morgan fingerprint density at radius 3 is 2.84 bits per heavy atom. The van der Waals surface area contributed by atoms with E-state index in [9.17, 15) is 14.5 Å². The van der Waals surface area contributed by atoms with E-state index in [1.54, 1.807) is 18.3 Å². The molecule has 0 spiro atoms. The monoisotopic (exact) mass is 261 g/mol. The van der Waals surface area contributed by atoms with E-state index in [2.05, 4.69) is 10.3 Å². The second-order valence-electron chi connectivity index (χ2n) is 4.11. The zero-order chi connectivity index (χ0) is 13.8. The molecule has 1 unspecified atom stereocenters. The number of nitrogens with zero attached hydrogens (tertiary/aromatic N) is 2. The third-order valence-electron chi connectivity index (χ3n) is 2.67. The van der Waals surface area contributed by atoms with Gasteiger partial charge in [0.05, 0.1) is 17.2 Å². The minimum atomic E-state index is -0.459. The first kappa shape index (κ1) is 12.9. The number of benzene rings is 1. The van der Waals surface area contributed by atoms with E-state index in [4.69, 9.17) is 0 Å². The number of hydrogen-bond acceptors (Lipinski definition) is 4. The van der Waals surface area contributed by atoms with Crippen molar-refractivity contribution < 1.29 is 9.31 Å². The third-order valence-corrected chi connectivity index (χ3v) is 2.67. The van der Waals surface area contributed by atoms with Gasteiger partial charge in [0, 0.05) is 24.0 Å². The largest absolute Gasteiger partial charge is 0.378 e. The predicted molar refractivity (Wildman–Crippen MR) is 69.3 cm³/mol. The summed E-state index contributed by atoms with van der Waals surface area (Å²) in [5.74, 6) is -0.412. The molecule has 0 saturated heterocycles. The Kier molecular flexibility index (Phi) is 3.70. The van der Waals surface area contributed by atoms with E-state index in [-0.39, 0.29) is 11.7 Å². The molecule has 1 aromatic carbocycles. The smallest absolute Gasteiger partial charge is 0.271 e. The lowest BCUT2D eigenvalue weighted by molar-refractivity contribution is -0.384. The van der Waals surface area contributed by atoms with Crippen LogP contribution < -0.4 is 5.32 Å². The molecular formula is C13H12FN3O2. The molecule has 0 amide bonds. The fraction of sp³-hybridized carbons (Fsp3) is 0.154. The molecule has 1 aromatic heterocycles. The summed E-state index contributed by atoms with van der Waals surface area (Å²) < 4.78 is 13.1. The van der Waals surface area contributed by atoms with Crippen LogP contribution in [0, 0.1) is 15.9 Å². The van der Waals surface area contributed by atoms with Gasteiger partial charge < -0.3 is 5.32 Å². The standard InChI is InChI=1S/C13H12FN3O2/c1-9(10-5-11(14)8-15-7-10)16-12-3-2-4-13(6-12)17(18)19/h2-9,16H,1H3. The summed E-state index contributed by atoms with van der Waals surface area (Å²) >= 11 is 0. The van der Waals surface area contributed by atoms with Crippen LogP contribution in [0.15, 0.2) is 42.7 Å². The van der Waals surface area contributed by atoms with Gasteiger partial charge in [0.2, 0.25) is 0 Å². The molecule has 0 saturated carbocycles. The van der Waals surface area contributed by atoms with Crippen molar-refractivity contribution in [1.29, 1.82) is 0 Å². The Morgan fingerprint density at radius 1 is 1.37 bits per heavy atom. The lowest BCUT2D eigenvalue weighted by Crippen LogP contribution is -2.07. The summed E-state index contributed by atoms with van der Waals surface area (Å²) in [5.41, 5.74) is 1.28. The van der Waals surface area contributed by atoms with E-state index in [1.807, 2.05) is 6.92 Å². The number of halogens is 1. The van der Waals surface area contributed by atoms with Gasteiger partial charge in [-0.25, -0.2) is 4.39 Å². The fourth-order valence-electron chi connectivity index (χ4n) is 1.71. The Balaban J connectivity index is 2.17. The number of non-ortho nitro benzene ring substituents is 1. The van der Waals surface area contributed by atoms with E-state index >= 15 is 0 Å². The average molecular weight is 261 g/mol. The van der Waals surface area contributed by atoms with Gasteiger partial charge in [-0.15, -0.1) is 0 Å². The van der Waals surface area contributed by atoms with Crippen LogP contribution >= 0.6 is 0 Å². The quantitative estimate of drug-likeness (QED) is 0.677. The van der Waals surface area contributed by atoms with Gasteiger partial charge >= 0.3 is 0 Å². The summed E-state index contributed by atoms with van der Waals surface area (Å²) in [4.78, 5) is 14.0. The lowest BCUT2D eigenvalue weighted by atomic mass is 10.1. The minimum absolute atomic E-state index is 0.00886. The van der Waals surface area contributed by atoms with Gasteiger partial charge in [-0.3, -0.25) is 15.1 Å². The van der Waals surface area contributed by atoms with Crippen molar-refractivity contribution in [2.45, 2.75) is 13.0 Å². The molecule has 19 heavy (non-hydrogen) atoms. The molecule has 1 atom stereocenters. The Labute approximate surface area is 109 Å². The van der Waals surface area contributed by atoms with Crippen molar-refractivity contribution in [1.82, 2.24) is 4.98 Å². The maximum Gasteiger partial charge on any atom is 0.271 e. The molecule has 0 bridgehead atoms. The zero-order valence-corrected chi connectivity index (χ0v) is 10.2. The summed E-state index contributed by atoms with van der Waals surface area (Å²) in [7, 11) is 0. The number of rotatable bonds is 4. The van der Waals surface area contributed by atoms with Crippen molar-refractivity contribution in [2.75, 3.05) is 5.32 Å². The first-order valence-corrected chi connectivity index (χ1v) is 5.67. The number of nitro benzene ring substituents is 1. The van der Waals surface area contributed by atoms with Crippen LogP contribution in [-0.2, 0) is 0 Å². The Bertz CT molecular complexity index is 604. The van der Waals surface area contributed by atoms with Gasteiger partial charge in [-0.1, -0.05) is 6.07 Å². The summed E-state index contributed by atoms with van der Waals surface area (Å²) in [6.07, 6.45) is 2.68. The van der Waals surface area contributed by atoms with Crippen LogP contribution in [0.3, 0.4) is 0 Å². The van der Waals surface area contributed by atoms with Gasteiger partial charge in [0.25, 0.3) is 5.69 Å². The maximum atomic E-state index is 13.1. The topological polar surface area (TPSA) is 68.1 Å². The summed E-state index contributed by atoms with van der Waals surface area (Å²) in [6, 6.07) is 7.34. The highest BCUT2D eigenvalue weighted by Crippen LogP contribution is 2.22. The van der Waals surface area contributed by atoms with Crippen LogP contribution in [0.5, 0.6) is 0 Å². The number of aromatic nitrogens is 1. The molecule has 1 N–H and O–H groups in total. The van der Waals surface area contributed by atoms with E-state index in [0.717, 1.165) is 6.20 Å². The van der Waals surface area contributed by atoms with Crippen LogP contribution in [0.1, 0.15) is 18.5 Å². The minimum Gasteiger partial charge on any atom is -0.378 e. The molecule has 0 radical (unpaired) electrons. The molecule has 0 aliphatic heterocycles. The van der Waals surface area contributed by atoms with Gasteiger partial charge in [0.1, 0.15) is 5.82 Å². The molecule has 0 aliphatic carbocycles. The molecule has 0 fully saturated rings. The van der Waals surface area contributed by atoms with Gasteiger partial charge in [-0.05, 0) is 24.6 Å². The van der Waals surface area contributed by atoms with Crippen molar-refractivity contribution in [3.8, 4) is 0 Å². The predicted octanol–water partition coefficient (Wildman–Crippen LogP) is 3.30. The summed E-state index contributed by atoms with van der Waals surface area (Å²) in [6.45, 7) is 1.83. The zero-order valence-electron chi connectivity index (χ0n) is 10.2. The van der Waals surface area contributed by atoms with Crippen molar-refractivity contribution in [3.63, 3.8) is 0 Å². The summed E-state index contributed by atoms with van der Waals surface area (Å²) in [5, 5.41) is 13.7. The molecule has 5 nitrogen and oxygen atoms in total. The molecule has 2 rings (SSSR count). The van der Waals surface area contributed by atoms with E-state index < -0.39 is 10.7 Å². The van der Waals surface area contributed by atoms with Crippen molar-refractivity contribution >= 4 is 11.4 Å². The molecule has 0 aliphatic rings. The van der Waals surface area contributed by atoms with Crippen LogP contribution in [-0.4, -0.2) is 9.91 Å². The normalized spacial score (nSPS) is 11.9. The molecule has 1 heterocycles. The van der Waals surface area contributed by atoms with E-state index in [0.29, 0.717) is 11.3 Å². The van der Waals surface area contributed by atoms with Crippen molar-refractivity contribution in [2.24, 2.45) is 0 Å². The highest BCUT2D eigenvalue weighted by atomic mass is 19.1. The molecule has 98 valence electrons. The fourth-order valence-corrected chi connectivity index (χ4v) is 1.71.